The molecular formula is C19H23FN4O. The first-order chi connectivity index (χ1) is 12.2. The normalized spacial score (nSPS) is 17.7. The quantitative estimate of drug-likeness (QED) is 0.858. The molecule has 2 aliphatic rings. The summed E-state index contributed by atoms with van der Waals surface area (Å²) in [6.45, 7) is 2.53. The molecule has 0 saturated carbocycles. The number of hydrogen-bond acceptors (Lipinski definition) is 3. The number of amides is 1. The fourth-order valence-electron chi connectivity index (χ4n) is 3.96. The van der Waals surface area contributed by atoms with E-state index in [1.54, 1.807) is 12.1 Å². The summed E-state index contributed by atoms with van der Waals surface area (Å²) < 4.78 is 15.9. The van der Waals surface area contributed by atoms with E-state index in [1.807, 2.05) is 11.0 Å². The van der Waals surface area contributed by atoms with E-state index in [1.165, 1.54) is 6.07 Å². The van der Waals surface area contributed by atoms with Crippen LogP contribution in [-0.2, 0) is 24.2 Å². The molecule has 4 rings (SSSR count). The number of benzene rings is 1. The van der Waals surface area contributed by atoms with Crippen LogP contribution in [0.15, 0.2) is 24.3 Å². The van der Waals surface area contributed by atoms with Crippen molar-refractivity contribution in [2.45, 2.75) is 51.0 Å². The molecule has 25 heavy (non-hydrogen) atoms. The van der Waals surface area contributed by atoms with E-state index in [9.17, 15) is 9.18 Å². The maximum Gasteiger partial charge on any atom is 0.222 e. The molecule has 1 aromatic heterocycles. The molecule has 0 bridgehead atoms. The highest BCUT2D eigenvalue weighted by atomic mass is 19.1. The molecule has 0 atom stereocenters. The maximum absolute atomic E-state index is 13.7. The first-order valence-electron chi connectivity index (χ1n) is 9.15. The molecule has 0 spiro atoms. The van der Waals surface area contributed by atoms with Crippen LogP contribution in [0.1, 0.15) is 48.8 Å². The average molecular weight is 342 g/mol. The van der Waals surface area contributed by atoms with Crippen LogP contribution in [0.3, 0.4) is 0 Å². The number of hydrogen-bond donors (Lipinski definition) is 0. The summed E-state index contributed by atoms with van der Waals surface area (Å²) in [6.07, 6.45) is 4.88. The number of fused-ring (bicyclic) bond motifs is 1. The number of nitrogens with zero attached hydrogens (tertiary/aromatic N) is 4. The molecule has 0 aliphatic carbocycles. The lowest BCUT2D eigenvalue weighted by Crippen LogP contribution is -2.38. The second-order valence-corrected chi connectivity index (χ2v) is 6.98. The minimum atomic E-state index is -0.227. The van der Waals surface area contributed by atoms with E-state index >= 15 is 0 Å². The molecule has 132 valence electrons. The van der Waals surface area contributed by atoms with Crippen LogP contribution >= 0.6 is 0 Å². The van der Waals surface area contributed by atoms with E-state index in [4.69, 9.17) is 0 Å². The van der Waals surface area contributed by atoms with Gasteiger partial charge in [0.05, 0.1) is 0 Å². The van der Waals surface area contributed by atoms with Gasteiger partial charge in [-0.2, -0.15) is 0 Å². The molecule has 0 radical (unpaired) electrons. The van der Waals surface area contributed by atoms with Gasteiger partial charge in [-0.15, -0.1) is 10.2 Å². The number of carbonyl (C=O) groups is 1. The van der Waals surface area contributed by atoms with Crippen LogP contribution in [0.4, 0.5) is 4.39 Å². The molecule has 0 N–H and O–H groups in total. The number of aromatic nitrogens is 3. The maximum atomic E-state index is 13.7. The van der Waals surface area contributed by atoms with Crippen molar-refractivity contribution < 1.29 is 9.18 Å². The summed E-state index contributed by atoms with van der Waals surface area (Å²) in [5.74, 6) is 2.50. The van der Waals surface area contributed by atoms with E-state index < -0.39 is 0 Å². The summed E-state index contributed by atoms with van der Waals surface area (Å²) >= 11 is 0. The van der Waals surface area contributed by atoms with Crippen molar-refractivity contribution in [2.24, 2.45) is 0 Å². The van der Waals surface area contributed by atoms with Gasteiger partial charge in [0.25, 0.3) is 0 Å². The van der Waals surface area contributed by atoms with Crippen molar-refractivity contribution in [2.75, 3.05) is 13.1 Å². The topological polar surface area (TPSA) is 51.0 Å². The lowest BCUT2D eigenvalue weighted by molar-refractivity contribution is -0.132. The zero-order valence-electron chi connectivity index (χ0n) is 14.3. The Morgan fingerprint density at radius 1 is 1.16 bits per heavy atom. The molecule has 1 amide bonds. The van der Waals surface area contributed by atoms with Crippen molar-refractivity contribution >= 4 is 5.91 Å². The standard InChI is InChI=1S/C19H23FN4O/c20-16-5-2-1-4-14(16)7-8-18(25)23-12-9-15(10-13-23)19-22-21-17-6-3-11-24(17)19/h1-2,4-5,15H,3,6-13H2. The molecule has 0 unspecified atom stereocenters. The summed E-state index contributed by atoms with van der Waals surface area (Å²) in [5, 5.41) is 8.68. The molecule has 3 heterocycles. The van der Waals surface area contributed by atoms with Gasteiger partial charge in [0, 0.05) is 38.4 Å². The van der Waals surface area contributed by atoms with E-state index in [0.717, 1.165) is 57.0 Å². The van der Waals surface area contributed by atoms with E-state index in [-0.39, 0.29) is 11.7 Å². The Balaban J connectivity index is 1.31. The van der Waals surface area contributed by atoms with Crippen LogP contribution in [0.25, 0.3) is 0 Å². The molecule has 1 aromatic carbocycles. The van der Waals surface area contributed by atoms with Crippen molar-refractivity contribution in [1.29, 1.82) is 0 Å². The summed E-state index contributed by atoms with van der Waals surface area (Å²) in [6, 6.07) is 6.68. The van der Waals surface area contributed by atoms with Crippen LogP contribution < -0.4 is 0 Å². The van der Waals surface area contributed by atoms with Crippen molar-refractivity contribution in [3.05, 3.63) is 47.3 Å². The Labute approximate surface area is 146 Å². The number of aryl methyl sites for hydroxylation is 2. The first kappa shape index (κ1) is 16.2. The lowest BCUT2D eigenvalue weighted by Gasteiger charge is -2.31. The van der Waals surface area contributed by atoms with E-state index in [2.05, 4.69) is 14.8 Å². The van der Waals surface area contributed by atoms with Crippen molar-refractivity contribution in [3.63, 3.8) is 0 Å². The Morgan fingerprint density at radius 2 is 1.96 bits per heavy atom. The molecule has 2 aromatic rings. The minimum Gasteiger partial charge on any atom is -0.343 e. The second kappa shape index (κ2) is 6.94. The predicted molar refractivity (Wildman–Crippen MR) is 91.6 cm³/mol. The van der Waals surface area contributed by atoms with Crippen LogP contribution in [-0.4, -0.2) is 38.7 Å². The zero-order valence-corrected chi connectivity index (χ0v) is 14.3. The number of piperidine rings is 1. The van der Waals surface area contributed by atoms with Gasteiger partial charge < -0.3 is 9.47 Å². The summed E-state index contributed by atoms with van der Waals surface area (Å²) in [7, 11) is 0. The molecule has 5 nitrogen and oxygen atoms in total. The van der Waals surface area contributed by atoms with Crippen molar-refractivity contribution in [1.82, 2.24) is 19.7 Å². The monoisotopic (exact) mass is 342 g/mol. The highest BCUT2D eigenvalue weighted by Gasteiger charge is 2.29. The largest absolute Gasteiger partial charge is 0.343 e. The zero-order chi connectivity index (χ0) is 17.2. The predicted octanol–water partition coefficient (Wildman–Crippen LogP) is 2.70. The Hall–Kier alpha value is -2.24. The third kappa shape index (κ3) is 3.30. The SMILES string of the molecule is O=C(CCc1ccccc1F)N1CCC(c2nnc3n2CCC3)CC1. The molecule has 2 aliphatic heterocycles. The fraction of sp³-hybridized carbons (Fsp3) is 0.526. The Bertz CT molecular complexity index is 765. The first-order valence-corrected chi connectivity index (χ1v) is 9.15. The fourth-order valence-corrected chi connectivity index (χ4v) is 3.96. The van der Waals surface area contributed by atoms with Crippen LogP contribution in [0, 0.1) is 5.82 Å². The summed E-state index contributed by atoms with van der Waals surface area (Å²) in [5.41, 5.74) is 0.616. The van der Waals surface area contributed by atoms with Crippen LogP contribution in [0.5, 0.6) is 0 Å². The molecule has 1 saturated heterocycles. The number of halogens is 1. The number of likely N-dealkylation sites (tertiary alicyclic amines) is 1. The number of carbonyl (C=O) groups excluding carboxylic acids is 1. The highest BCUT2D eigenvalue weighted by molar-refractivity contribution is 5.76. The minimum absolute atomic E-state index is 0.119. The van der Waals surface area contributed by atoms with Crippen molar-refractivity contribution in [3.8, 4) is 0 Å². The smallest absolute Gasteiger partial charge is 0.222 e. The Kier molecular flexibility index (Phi) is 4.51. The van der Waals surface area contributed by atoms with Gasteiger partial charge in [0.1, 0.15) is 17.5 Å². The van der Waals surface area contributed by atoms with Gasteiger partial charge in [-0.05, 0) is 37.3 Å². The second-order valence-electron chi connectivity index (χ2n) is 6.98. The third-order valence-electron chi connectivity index (χ3n) is 5.42. The van der Waals surface area contributed by atoms with Gasteiger partial charge in [-0.3, -0.25) is 4.79 Å². The molecular weight excluding hydrogens is 319 g/mol. The van der Waals surface area contributed by atoms with Gasteiger partial charge >= 0.3 is 0 Å². The third-order valence-corrected chi connectivity index (χ3v) is 5.42. The lowest BCUT2D eigenvalue weighted by atomic mass is 9.95. The molecule has 6 heteroatoms. The average Bonchev–Trinajstić information content (AvgIpc) is 3.24. The van der Waals surface area contributed by atoms with E-state index in [0.29, 0.717) is 24.3 Å². The van der Waals surface area contributed by atoms with Gasteiger partial charge in [0.2, 0.25) is 5.91 Å². The highest BCUT2D eigenvalue weighted by Crippen LogP contribution is 2.29. The number of rotatable bonds is 4. The summed E-state index contributed by atoms with van der Waals surface area (Å²) in [4.78, 5) is 14.3. The van der Waals surface area contributed by atoms with Gasteiger partial charge in [0.15, 0.2) is 0 Å². The van der Waals surface area contributed by atoms with Gasteiger partial charge in [-0.1, -0.05) is 18.2 Å². The van der Waals surface area contributed by atoms with Crippen LogP contribution in [0.2, 0.25) is 0 Å². The van der Waals surface area contributed by atoms with Gasteiger partial charge in [-0.25, -0.2) is 4.39 Å². The Morgan fingerprint density at radius 3 is 2.76 bits per heavy atom. The molecule has 1 fully saturated rings.